The van der Waals surface area contributed by atoms with Gasteiger partial charge in [0.05, 0.1) is 0 Å². The lowest BCUT2D eigenvalue weighted by Gasteiger charge is -2.43. The Kier molecular flexibility index (Phi) is 3.77. The third kappa shape index (κ3) is 2.94. The van der Waals surface area contributed by atoms with Gasteiger partial charge in [-0.15, -0.1) is 0 Å². The van der Waals surface area contributed by atoms with E-state index in [2.05, 4.69) is 44.4 Å². The number of rotatable bonds is 1. The molecule has 3 heteroatoms. The van der Waals surface area contributed by atoms with Crippen molar-refractivity contribution in [3.63, 3.8) is 0 Å². The molecule has 0 aromatic heterocycles. The highest BCUT2D eigenvalue weighted by molar-refractivity contribution is 5.84. The molecule has 0 bridgehead atoms. The Hall–Kier alpha value is -0.570. The summed E-state index contributed by atoms with van der Waals surface area (Å²) >= 11 is 0. The number of nitrogens with one attached hydrogen (secondary N) is 1. The Bertz CT molecular complexity index is 230. The Balaban J connectivity index is 2.58. The van der Waals surface area contributed by atoms with E-state index in [-0.39, 0.29) is 5.41 Å². The quantitative estimate of drug-likeness (QED) is 0.531. The molecule has 0 aliphatic carbocycles. The molecule has 0 aromatic carbocycles. The zero-order chi connectivity index (χ0) is 11.6. The first kappa shape index (κ1) is 12.5. The minimum absolute atomic E-state index is 0.0197. The first-order valence-electron chi connectivity index (χ1n) is 5.94. The van der Waals surface area contributed by atoms with Gasteiger partial charge in [-0.2, -0.15) is 0 Å². The van der Waals surface area contributed by atoms with E-state index in [0.29, 0.717) is 6.04 Å². The number of nitrogens with zero attached hydrogens (tertiary/aromatic N) is 2. The molecule has 1 unspecified atom stereocenters. The van der Waals surface area contributed by atoms with Crippen molar-refractivity contribution < 1.29 is 0 Å². The summed E-state index contributed by atoms with van der Waals surface area (Å²) in [5, 5.41) is 8.15. The molecule has 15 heavy (non-hydrogen) atoms. The van der Waals surface area contributed by atoms with Gasteiger partial charge in [0.15, 0.2) is 0 Å². The van der Waals surface area contributed by atoms with Gasteiger partial charge in [-0.3, -0.25) is 10.3 Å². The molecule has 1 atom stereocenters. The second kappa shape index (κ2) is 4.52. The van der Waals surface area contributed by atoms with Crippen molar-refractivity contribution in [3.05, 3.63) is 0 Å². The molecule has 1 heterocycles. The van der Waals surface area contributed by atoms with E-state index in [1.165, 1.54) is 0 Å². The van der Waals surface area contributed by atoms with Crippen LogP contribution < -0.4 is 0 Å². The molecule has 1 N–H and O–H groups in total. The summed E-state index contributed by atoms with van der Waals surface area (Å²) in [5.74, 6) is 0.783. The highest BCUT2D eigenvalue weighted by Crippen LogP contribution is 2.20. The van der Waals surface area contributed by atoms with Gasteiger partial charge in [-0.05, 0) is 13.5 Å². The third-order valence-corrected chi connectivity index (χ3v) is 3.20. The summed E-state index contributed by atoms with van der Waals surface area (Å²) < 4.78 is 0. The Morgan fingerprint density at radius 1 is 1.33 bits per heavy atom. The van der Waals surface area contributed by atoms with Crippen molar-refractivity contribution in [2.75, 3.05) is 26.2 Å². The van der Waals surface area contributed by atoms with Crippen molar-refractivity contribution in [2.24, 2.45) is 5.41 Å². The van der Waals surface area contributed by atoms with Crippen molar-refractivity contribution in [3.8, 4) is 0 Å². The lowest BCUT2D eigenvalue weighted by Crippen LogP contribution is -2.55. The minimum atomic E-state index is -0.0197. The molecule has 1 rings (SSSR count). The summed E-state index contributed by atoms with van der Waals surface area (Å²) in [5.41, 5.74) is -0.0197. The van der Waals surface area contributed by atoms with Crippen LogP contribution in [0.2, 0.25) is 0 Å². The fraction of sp³-hybridized carbons (Fsp3) is 0.917. The molecule has 0 amide bonds. The molecule has 1 aliphatic rings. The van der Waals surface area contributed by atoms with Crippen LogP contribution in [0.1, 0.15) is 34.6 Å². The van der Waals surface area contributed by atoms with Gasteiger partial charge in [0, 0.05) is 31.1 Å². The van der Waals surface area contributed by atoms with Crippen LogP contribution in [0.4, 0.5) is 0 Å². The number of hydrogen-bond donors (Lipinski definition) is 1. The molecule has 3 nitrogen and oxygen atoms in total. The average molecular weight is 211 g/mol. The summed E-state index contributed by atoms with van der Waals surface area (Å²) in [6.07, 6.45) is 0. The normalized spacial score (nSPS) is 24.3. The minimum Gasteiger partial charge on any atom is -0.357 e. The van der Waals surface area contributed by atoms with Gasteiger partial charge in [0.1, 0.15) is 5.84 Å². The van der Waals surface area contributed by atoms with E-state index >= 15 is 0 Å². The zero-order valence-corrected chi connectivity index (χ0v) is 10.8. The van der Waals surface area contributed by atoms with Crippen LogP contribution in [0.25, 0.3) is 0 Å². The van der Waals surface area contributed by atoms with Gasteiger partial charge in [0.25, 0.3) is 0 Å². The maximum Gasteiger partial charge on any atom is 0.101 e. The van der Waals surface area contributed by atoms with Gasteiger partial charge < -0.3 is 4.90 Å². The van der Waals surface area contributed by atoms with E-state index in [9.17, 15) is 0 Å². The van der Waals surface area contributed by atoms with Crippen LogP contribution >= 0.6 is 0 Å². The maximum atomic E-state index is 8.15. The van der Waals surface area contributed by atoms with Crippen molar-refractivity contribution >= 4 is 5.84 Å². The fourth-order valence-corrected chi connectivity index (χ4v) is 2.14. The summed E-state index contributed by atoms with van der Waals surface area (Å²) in [7, 11) is 0. The molecule has 0 radical (unpaired) electrons. The van der Waals surface area contributed by atoms with E-state index in [0.717, 1.165) is 32.0 Å². The van der Waals surface area contributed by atoms with Crippen molar-refractivity contribution in [2.45, 2.75) is 40.7 Å². The number of piperazine rings is 1. The first-order chi connectivity index (χ1) is 6.86. The van der Waals surface area contributed by atoms with Crippen LogP contribution in [0.15, 0.2) is 0 Å². The number of likely N-dealkylation sites (N-methyl/N-ethyl adjacent to an activating group) is 1. The van der Waals surface area contributed by atoms with Crippen LogP contribution in [-0.4, -0.2) is 47.9 Å². The Morgan fingerprint density at radius 3 is 2.33 bits per heavy atom. The predicted molar refractivity (Wildman–Crippen MR) is 65.5 cm³/mol. The molecular formula is C12H25N3. The molecule has 88 valence electrons. The smallest absolute Gasteiger partial charge is 0.101 e. The summed E-state index contributed by atoms with van der Waals surface area (Å²) in [4.78, 5) is 4.71. The third-order valence-electron chi connectivity index (χ3n) is 3.20. The molecule has 1 fully saturated rings. The standard InChI is InChI=1S/C12H25N3/c1-6-14-7-8-15(9-10(14)2)11(13)12(3,4)5/h10,13H,6-9H2,1-5H3. The van der Waals surface area contributed by atoms with Gasteiger partial charge >= 0.3 is 0 Å². The molecule has 1 saturated heterocycles. The molecule has 0 saturated carbocycles. The van der Waals surface area contributed by atoms with Gasteiger partial charge in [-0.1, -0.05) is 27.7 Å². The molecule has 0 aromatic rings. The second-order valence-electron chi connectivity index (χ2n) is 5.52. The Labute approximate surface area is 94.0 Å². The van der Waals surface area contributed by atoms with E-state index < -0.39 is 0 Å². The first-order valence-corrected chi connectivity index (χ1v) is 5.94. The SMILES string of the molecule is CCN1CCN(C(=N)C(C)(C)C)CC1C. The monoisotopic (exact) mass is 211 g/mol. The maximum absolute atomic E-state index is 8.15. The van der Waals surface area contributed by atoms with Crippen molar-refractivity contribution in [1.29, 1.82) is 5.41 Å². The predicted octanol–water partition coefficient (Wildman–Crippen LogP) is 2.04. The fourth-order valence-electron chi connectivity index (χ4n) is 2.14. The Morgan fingerprint density at radius 2 is 1.93 bits per heavy atom. The van der Waals surface area contributed by atoms with E-state index in [1.807, 2.05) is 0 Å². The van der Waals surface area contributed by atoms with E-state index in [4.69, 9.17) is 5.41 Å². The molecular weight excluding hydrogens is 186 g/mol. The summed E-state index contributed by atoms with van der Waals surface area (Å²) in [6, 6.07) is 0.575. The van der Waals surface area contributed by atoms with Crippen LogP contribution in [0.3, 0.4) is 0 Å². The highest BCUT2D eigenvalue weighted by Gasteiger charge is 2.29. The van der Waals surface area contributed by atoms with Crippen LogP contribution in [0, 0.1) is 10.8 Å². The zero-order valence-electron chi connectivity index (χ0n) is 10.8. The lowest BCUT2D eigenvalue weighted by atomic mass is 9.93. The van der Waals surface area contributed by atoms with E-state index in [1.54, 1.807) is 0 Å². The van der Waals surface area contributed by atoms with Crippen molar-refractivity contribution in [1.82, 2.24) is 9.80 Å². The van der Waals surface area contributed by atoms with Gasteiger partial charge in [-0.25, -0.2) is 0 Å². The topological polar surface area (TPSA) is 30.3 Å². The molecule has 1 aliphatic heterocycles. The number of hydrogen-bond acceptors (Lipinski definition) is 2. The summed E-state index contributed by atoms with van der Waals surface area (Å²) in [6.45, 7) is 15.0. The second-order valence-corrected chi connectivity index (χ2v) is 5.52. The number of amidine groups is 1. The molecule has 0 spiro atoms. The van der Waals surface area contributed by atoms with Gasteiger partial charge in [0.2, 0.25) is 0 Å². The van der Waals surface area contributed by atoms with Crippen LogP contribution in [0.5, 0.6) is 0 Å². The van der Waals surface area contributed by atoms with Crippen LogP contribution in [-0.2, 0) is 0 Å². The average Bonchev–Trinajstić information content (AvgIpc) is 2.15. The lowest BCUT2D eigenvalue weighted by molar-refractivity contribution is 0.123. The largest absolute Gasteiger partial charge is 0.357 e. The highest BCUT2D eigenvalue weighted by atomic mass is 15.3.